The van der Waals surface area contributed by atoms with E-state index in [9.17, 15) is 28.1 Å². The molecule has 1 aromatic carbocycles. The Morgan fingerprint density at radius 2 is 2.11 bits per heavy atom. The Hall–Kier alpha value is -2.12. The second-order valence-corrected chi connectivity index (χ2v) is 4.20. The Labute approximate surface area is 105 Å². The quantitative estimate of drug-likeness (QED) is 0.664. The van der Waals surface area contributed by atoms with E-state index in [2.05, 4.69) is 0 Å². The molecule has 0 spiro atoms. The molecule has 0 aliphatic heterocycles. The Bertz CT molecular complexity index is 542. The van der Waals surface area contributed by atoms with Crippen molar-refractivity contribution >= 4 is 11.6 Å². The van der Waals surface area contributed by atoms with E-state index in [0.29, 0.717) is 18.4 Å². The van der Waals surface area contributed by atoms with E-state index < -0.39 is 23.0 Å². The fourth-order valence-electron chi connectivity index (χ4n) is 2.09. The molecule has 2 rings (SSSR count). The van der Waals surface area contributed by atoms with Gasteiger partial charge in [0.1, 0.15) is 0 Å². The van der Waals surface area contributed by atoms with Crippen molar-refractivity contribution < 1.29 is 22.9 Å². The average molecular weight is 274 g/mol. The summed E-state index contributed by atoms with van der Waals surface area (Å²) in [5.74, 6) is -2.03. The molecule has 1 aliphatic carbocycles. The van der Waals surface area contributed by atoms with Gasteiger partial charge < -0.3 is 5.32 Å². The van der Waals surface area contributed by atoms with Crippen LogP contribution in [0.5, 0.6) is 0 Å². The van der Waals surface area contributed by atoms with Crippen molar-refractivity contribution in [2.24, 2.45) is 0 Å². The standard InChI is InChI=1S/C11H9F3N2O3/c12-11(13,14)10(17)15-9-4-2-6-1-3-7(16(18)19)5-8(6)9/h1,3,5,9H,2,4H2,(H,15,17). The predicted octanol–water partition coefficient (Wildman–Crippen LogP) is 2.26. The van der Waals surface area contributed by atoms with Gasteiger partial charge in [-0.15, -0.1) is 0 Å². The highest BCUT2D eigenvalue weighted by Gasteiger charge is 2.40. The first-order chi connectivity index (χ1) is 8.79. The Morgan fingerprint density at radius 3 is 2.68 bits per heavy atom. The molecular formula is C11H9F3N2O3. The van der Waals surface area contributed by atoms with Gasteiger partial charge in [0.2, 0.25) is 0 Å². The van der Waals surface area contributed by atoms with Crippen LogP contribution < -0.4 is 5.32 Å². The number of halogens is 3. The number of nitro groups is 1. The molecule has 1 aromatic rings. The number of hydrogen-bond donors (Lipinski definition) is 1. The fourth-order valence-corrected chi connectivity index (χ4v) is 2.09. The lowest BCUT2D eigenvalue weighted by molar-refractivity contribution is -0.384. The van der Waals surface area contributed by atoms with Crippen LogP contribution in [0.25, 0.3) is 0 Å². The second-order valence-electron chi connectivity index (χ2n) is 4.20. The number of carbonyl (C=O) groups is 1. The van der Waals surface area contributed by atoms with Gasteiger partial charge >= 0.3 is 12.1 Å². The minimum atomic E-state index is -4.95. The number of amides is 1. The van der Waals surface area contributed by atoms with Crippen molar-refractivity contribution in [1.29, 1.82) is 0 Å². The van der Waals surface area contributed by atoms with Crippen molar-refractivity contribution in [2.45, 2.75) is 25.1 Å². The van der Waals surface area contributed by atoms with E-state index in [1.54, 1.807) is 0 Å². The minimum absolute atomic E-state index is 0.202. The third-order valence-electron chi connectivity index (χ3n) is 2.98. The summed E-state index contributed by atoms with van der Waals surface area (Å²) in [5, 5.41) is 12.5. The molecule has 0 saturated heterocycles. The number of hydrogen-bond acceptors (Lipinski definition) is 3. The van der Waals surface area contributed by atoms with Gasteiger partial charge in [-0.2, -0.15) is 13.2 Å². The third-order valence-corrected chi connectivity index (χ3v) is 2.98. The summed E-state index contributed by atoms with van der Waals surface area (Å²) in [4.78, 5) is 20.9. The highest BCUT2D eigenvalue weighted by atomic mass is 19.4. The number of rotatable bonds is 2. The first-order valence-corrected chi connectivity index (χ1v) is 5.44. The first kappa shape index (κ1) is 13.3. The zero-order valence-electron chi connectivity index (χ0n) is 9.53. The molecule has 1 aliphatic rings. The molecule has 0 heterocycles. The van der Waals surface area contributed by atoms with Crippen LogP contribution in [0, 0.1) is 10.1 Å². The van der Waals surface area contributed by atoms with Crippen LogP contribution >= 0.6 is 0 Å². The monoisotopic (exact) mass is 274 g/mol. The second kappa shape index (κ2) is 4.52. The van der Waals surface area contributed by atoms with Crippen molar-refractivity contribution in [3.05, 3.63) is 39.4 Å². The smallest absolute Gasteiger partial charge is 0.341 e. The van der Waals surface area contributed by atoms with E-state index >= 15 is 0 Å². The van der Waals surface area contributed by atoms with Gasteiger partial charge in [-0.05, 0) is 24.0 Å². The SMILES string of the molecule is O=C(NC1CCc2ccc([N+](=O)[O-])cc21)C(F)(F)F. The van der Waals surface area contributed by atoms with Crippen molar-refractivity contribution in [1.82, 2.24) is 5.32 Å². The first-order valence-electron chi connectivity index (χ1n) is 5.44. The van der Waals surface area contributed by atoms with Crippen molar-refractivity contribution in [2.75, 3.05) is 0 Å². The topological polar surface area (TPSA) is 72.2 Å². The number of carbonyl (C=O) groups excluding carboxylic acids is 1. The van der Waals surface area contributed by atoms with Crippen LogP contribution in [0.3, 0.4) is 0 Å². The van der Waals surface area contributed by atoms with Gasteiger partial charge in [0.25, 0.3) is 5.69 Å². The normalized spacial score (nSPS) is 17.9. The van der Waals surface area contributed by atoms with Gasteiger partial charge in [-0.3, -0.25) is 14.9 Å². The Balaban J connectivity index is 2.23. The van der Waals surface area contributed by atoms with Gasteiger partial charge in [-0.1, -0.05) is 6.07 Å². The van der Waals surface area contributed by atoms with E-state index in [1.165, 1.54) is 18.2 Å². The molecule has 1 atom stereocenters. The zero-order chi connectivity index (χ0) is 14.2. The largest absolute Gasteiger partial charge is 0.471 e. The molecule has 8 heteroatoms. The summed E-state index contributed by atoms with van der Waals surface area (Å²) < 4.78 is 36.5. The van der Waals surface area contributed by atoms with E-state index in [1.807, 2.05) is 5.32 Å². The average Bonchev–Trinajstić information content (AvgIpc) is 2.70. The maximum Gasteiger partial charge on any atom is 0.471 e. The Kier molecular flexibility index (Phi) is 3.17. The lowest BCUT2D eigenvalue weighted by Crippen LogP contribution is -2.38. The number of nitrogens with zero attached hydrogens (tertiary/aromatic N) is 1. The van der Waals surface area contributed by atoms with Crippen LogP contribution in [-0.2, 0) is 11.2 Å². The fraction of sp³-hybridized carbons (Fsp3) is 0.364. The minimum Gasteiger partial charge on any atom is -0.341 e. The van der Waals surface area contributed by atoms with Gasteiger partial charge in [0.15, 0.2) is 0 Å². The summed E-state index contributed by atoms with van der Waals surface area (Å²) in [5.41, 5.74) is 0.900. The van der Waals surface area contributed by atoms with Crippen LogP contribution in [-0.4, -0.2) is 17.0 Å². The number of nitrogens with one attached hydrogen (secondary N) is 1. The summed E-state index contributed by atoms with van der Waals surface area (Å²) >= 11 is 0. The summed E-state index contributed by atoms with van der Waals surface area (Å²) in [6, 6.07) is 3.19. The maximum absolute atomic E-state index is 12.2. The zero-order valence-corrected chi connectivity index (χ0v) is 9.53. The molecule has 0 bridgehead atoms. The molecule has 19 heavy (non-hydrogen) atoms. The summed E-state index contributed by atoms with van der Waals surface area (Å²) in [7, 11) is 0. The molecule has 0 saturated carbocycles. The summed E-state index contributed by atoms with van der Waals surface area (Å²) in [6.07, 6.45) is -4.17. The van der Waals surface area contributed by atoms with Crippen molar-refractivity contribution in [3.8, 4) is 0 Å². The lowest BCUT2D eigenvalue weighted by Gasteiger charge is -2.15. The molecule has 1 N–H and O–H groups in total. The van der Waals surface area contributed by atoms with Crippen LogP contribution in [0.2, 0.25) is 0 Å². The van der Waals surface area contributed by atoms with Crippen LogP contribution in [0.4, 0.5) is 18.9 Å². The number of aryl methyl sites for hydroxylation is 1. The number of non-ortho nitro benzene ring substituents is 1. The number of fused-ring (bicyclic) bond motifs is 1. The number of alkyl halides is 3. The molecule has 5 nitrogen and oxygen atoms in total. The van der Waals surface area contributed by atoms with E-state index in [0.717, 1.165) is 5.56 Å². The number of benzene rings is 1. The highest BCUT2D eigenvalue weighted by Crippen LogP contribution is 2.34. The predicted molar refractivity (Wildman–Crippen MR) is 58.4 cm³/mol. The Morgan fingerprint density at radius 1 is 1.42 bits per heavy atom. The lowest BCUT2D eigenvalue weighted by atomic mass is 10.1. The summed E-state index contributed by atoms with van der Waals surface area (Å²) in [6.45, 7) is 0. The molecular weight excluding hydrogens is 265 g/mol. The van der Waals surface area contributed by atoms with Gasteiger partial charge in [0, 0.05) is 12.1 Å². The van der Waals surface area contributed by atoms with Crippen LogP contribution in [0.15, 0.2) is 18.2 Å². The number of nitro benzene ring substituents is 1. The van der Waals surface area contributed by atoms with Crippen molar-refractivity contribution in [3.63, 3.8) is 0 Å². The van der Waals surface area contributed by atoms with Gasteiger partial charge in [-0.25, -0.2) is 0 Å². The third kappa shape index (κ3) is 2.67. The molecule has 0 radical (unpaired) electrons. The molecule has 0 fully saturated rings. The molecule has 1 amide bonds. The molecule has 0 aromatic heterocycles. The molecule has 1 unspecified atom stereocenters. The highest BCUT2D eigenvalue weighted by molar-refractivity contribution is 5.82. The van der Waals surface area contributed by atoms with E-state index in [4.69, 9.17) is 0 Å². The maximum atomic E-state index is 12.2. The molecule has 102 valence electrons. The van der Waals surface area contributed by atoms with Gasteiger partial charge in [0.05, 0.1) is 11.0 Å². The van der Waals surface area contributed by atoms with Crippen LogP contribution in [0.1, 0.15) is 23.6 Å². The van der Waals surface area contributed by atoms with E-state index in [-0.39, 0.29) is 5.69 Å².